The summed E-state index contributed by atoms with van der Waals surface area (Å²) in [4.78, 5) is 8.39. The van der Waals surface area contributed by atoms with Crippen LogP contribution in [-0.4, -0.2) is 36.1 Å². The van der Waals surface area contributed by atoms with Crippen LogP contribution in [0.1, 0.15) is 6.92 Å². The van der Waals surface area contributed by atoms with E-state index < -0.39 is 0 Å². The fourth-order valence-electron chi connectivity index (χ4n) is 2.17. The van der Waals surface area contributed by atoms with E-state index >= 15 is 0 Å². The van der Waals surface area contributed by atoms with Crippen molar-refractivity contribution in [3.8, 4) is 5.82 Å². The summed E-state index contributed by atoms with van der Waals surface area (Å²) in [5.74, 6) is 1.57. The van der Waals surface area contributed by atoms with Gasteiger partial charge < -0.3 is 11.1 Å². The van der Waals surface area contributed by atoms with Gasteiger partial charge in [-0.25, -0.2) is 14.6 Å². The Hall–Kier alpha value is -2.90. The maximum Gasteiger partial charge on any atom is 0.181 e. The van der Waals surface area contributed by atoms with Gasteiger partial charge in [0, 0.05) is 37.9 Å². The molecule has 0 aliphatic carbocycles. The smallest absolute Gasteiger partial charge is 0.181 e. The van der Waals surface area contributed by atoms with Crippen LogP contribution in [0.4, 0.5) is 11.5 Å². The van der Waals surface area contributed by atoms with Gasteiger partial charge >= 0.3 is 0 Å². The molecule has 0 amide bonds. The molecule has 0 saturated heterocycles. The first-order valence-corrected chi connectivity index (χ1v) is 7.06. The standard InChI is InChI=1S/C14H18N8/c1-11(9-21-6-2-4-19-21)8-16-13-12(15)14(18-10-17-13)22-7-3-5-20-22/h2-7,10-11H,8-9,15H2,1H3,(H,16,17,18). The first kappa shape index (κ1) is 14.1. The first-order chi connectivity index (χ1) is 10.7. The molecule has 0 aromatic carbocycles. The molecule has 8 heteroatoms. The van der Waals surface area contributed by atoms with Gasteiger partial charge in [0.05, 0.1) is 0 Å². The molecule has 114 valence electrons. The van der Waals surface area contributed by atoms with Crippen LogP contribution in [0.2, 0.25) is 0 Å². The highest BCUT2D eigenvalue weighted by Gasteiger charge is 2.11. The van der Waals surface area contributed by atoms with E-state index in [0.29, 0.717) is 23.2 Å². The van der Waals surface area contributed by atoms with Crippen molar-refractivity contribution in [3.63, 3.8) is 0 Å². The van der Waals surface area contributed by atoms with Gasteiger partial charge in [-0.2, -0.15) is 10.2 Å². The summed E-state index contributed by atoms with van der Waals surface area (Å²) in [6.45, 7) is 3.71. The summed E-state index contributed by atoms with van der Waals surface area (Å²) in [5, 5.41) is 11.6. The van der Waals surface area contributed by atoms with Crippen LogP contribution >= 0.6 is 0 Å². The Kier molecular flexibility index (Phi) is 3.99. The molecule has 3 N–H and O–H groups in total. The summed E-state index contributed by atoms with van der Waals surface area (Å²) in [5.41, 5.74) is 6.61. The van der Waals surface area contributed by atoms with Crippen molar-refractivity contribution >= 4 is 11.5 Å². The van der Waals surface area contributed by atoms with Crippen molar-refractivity contribution in [2.24, 2.45) is 5.92 Å². The van der Waals surface area contributed by atoms with Gasteiger partial charge in [-0.3, -0.25) is 4.68 Å². The highest BCUT2D eigenvalue weighted by atomic mass is 15.3. The zero-order chi connectivity index (χ0) is 15.4. The zero-order valence-electron chi connectivity index (χ0n) is 12.3. The van der Waals surface area contributed by atoms with E-state index in [2.05, 4.69) is 32.4 Å². The summed E-state index contributed by atoms with van der Waals surface area (Å²) in [6, 6.07) is 3.74. The molecule has 3 heterocycles. The van der Waals surface area contributed by atoms with Crippen molar-refractivity contribution < 1.29 is 0 Å². The predicted octanol–water partition coefficient (Wildman–Crippen LogP) is 1.19. The van der Waals surface area contributed by atoms with E-state index in [1.807, 2.05) is 23.0 Å². The predicted molar refractivity (Wildman–Crippen MR) is 83.4 cm³/mol. The van der Waals surface area contributed by atoms with E-state index in [1.165, 1.54) is 6.33 Å². The molecule has 0 aliphatic rings. The van der Waals surface area contributed by atoms with Gasteiger partial charge in [-0.05, 0) is 18.1 Å². The van der Waals surface area contributed by atoms with Crippen LogP contribution in [0.15, 0.2) is 43.2 Å². The molecule has 0 radical (unpaired) electrons. The number of hydrogen-bond acceptors (Lipinski definition) is 6. The molecule has 22 heavy (non-hydrogen) atoms. The average Bonchev–Trinajstić information content (AvgIpc) is 3.19. The molecule has 3 rings (SSSR count). The van der Waals surface area contributed by atoms with Gasteiger partial charge in [0.15, 0.2) is 11.6 Å². The number of nitrogens with one attached hydrogen (secondary N) is 1. The van der Waals surface area contributed by atoms with Crippen molar-refractivity contribution in [2.75, 3.05) is 17.6 Å². The monoisotopic (exact) mass is 298 g/mol. The molecule has 8 nitrogen and oxygen atoms in total. The van der Waals surface area contributed by atoms with Crippen LogP contribution in [0.3, 0.4) is 0 Å². The summed E-state index contributed by atoms with van der Waals surface area (Å²) < 4.78 is 3.53. The third-order valence-corrected chi connectivity index (χ3v) is 3.26. The number of hydrogen-bond donors (Lipinski definition) is 2. The van der Waals surface area contributed by atoms with Crippen LogP contribution in [0, 0.1) is 5.92 Å². The fourth-order valence-corrected chi connectivity index (χ4v) is 2.17. The number of nitrogens with zero attached hydrogens (tertiary/aromatic N) is 6. The Morgan fingerprint density at radius 1 is 1.18 bits per heavy atom. The molecule has 0 spiro atoms. The molecular weight excluding hydrogens is 280 g/mol. The lowest BCUT2D eigenvalue weighted by Gasteiger charge is -2.15. The van der Waals surface area contributed by atoms with Crippen LogP contribution < -0.4 is 11.1 Å². The Morgan fingerprint density at radius 2 is 2.00 bits per heavy atom. The molecule has 1 unspecified atom stereocenters. The van der Waals surface area contributed by atoms with Crippen LogP contribution in [-0.2, 0) is 6.54 Å². The summed E-state index contributed by atoms with van der Waals surface area (Å²) in [7, 11) is 0. The van der Waals surface area contributed by atoms with E-state index in [9.17, 15) is 0 Å². The Bertz CT molecular complexity index is 705. The second-order valence-electron chi connectivity index (χ2n) is 5.12. The number of nitrogen functional groups attached to an aromatic ring is 1. The normalized spacial score (nSPS) is 12.2. The fraction of sp³-hybridized carbons (Fsp3) is 0.286. The molecular formula is C14H18N8. The Labute approximate surface area is 128 Å². The van der Waals surface area contributed by atoms with Gasteiger partial charge in [0.25, 0.3) is 0 Å². The van der Waals surface area contributed by atoms with E-state index in [0.717, 1.165) is 13.1 Å². The lowest BCUT2D eigenvalue weighted by atomic mass is 10.2. The minimum Gasteiger partial charge on any atom is -0.393 e. The highest BCUT2D eigenvalue weighted by Crippen LogP contribution is 2.21. The number of anilines is 2. The Morgan fingerprint density at radius 3 is 2.73 bits per heavy atom. The maximum atomic E-state index is 6.13. The SMILES string of the molecule is CC(CNc1ncnc(-n2cccn2)c1N)Cn1cccn1. The van der Waals surface area contributed by atoms with Crippen LogP contribution in [0.25, 0.3) is 5.82 Å². The van der Waals surface area contributed by atoms with Gasteiger partial charge in [0.1, 0.15) is 12.0 Å². The number of nitrogens with two attached hydrogens (primary N) is 1. The molecule has 1 atom stereocenters. The minimum absolute atomic E-state index is 0.377. The number of aromatic nitrogens is 6. The van der Waals surface area contributed by atoms with Gasteiger partial charge in [-0.1, -0.05) is 6.92 Å². The van der Waals surface area contributed by atoms with E-state index in [1.54, 1.807) is 23.3 Å². The number of rotatable bonds is 6. The van der Waals surface area contributed by atoms with Crippen molar-refractivity contribution in [1.29, 1.82) is 0 Å². The quantitative estimate of drug-likeness (QED) is 0.709. The highest BCUT2D eigenvalue weighted by molar-refractivity contribution is 5.68. The van der Waals surface area contributed by atoms with Crippen molar-refractivity contribution in [3.05, 3.63) is 43.2 Å². The Balaban J connectivity index is 1.66. The first-order valence-electron chi connectivity index (χ1n) is 7.06. The summed E-state index contributed by atoms with van der Waals surface area (Å²) in [6.07, 6.45) is 8.68. The summed E-state index contributed by atoms with van der Waals surface area (Å²) >= 11 is 0. The van der Waals surface area contributed by atoms with Gasteiger partial charge in [0.2, 0.25) is 0 Å². The zero-order valence-corrected chi connectivity index (χ0v) is 12.3. The lowest BCUT2D eigenvalue weighted by molar-refractivity contribution is 0.467. The molecule has 3 aromatic rings. The van der Waals surface area contributed by atoms with E-state index in [-0.39, 0.29) is 0 Å². The third-order valence-electron chi connectivity index (χ3n) is 3.26. The largest absolute Gasteiger partial charge is 0.393 e. The second-order valence-corrected chi connectivity index (χ2v) is 5.12. The second kappa shape index (κ2) is 6.25. The minimum atomic E-state index is 0.377. The van der Waals surface area contributed by atoms with Gasteiger partial charge in [-0.15, -0.1) is 0 Å². The van der Waals surface area contributed by atoms with Crippen molar-refractivity contribution in [1.82, 2.24) is 29.5 Å². The van der Waals surface area contributed by atoms with Crippen LogP contribution in [0.5, 0.6) is 0 Å². The molecule has 0 fully saturated rings. The van der Waals surface area contributed by atoms with Crippen molar-refractivity contribution in [2.45, 2.75) is 13.5 Å². The maximum absolute atomic E-state index is 6.13. The molecule has 3 aromatic heterocycles. The molecule has 0 bridgehead atoms. The van der Waals surface area contributed by atoms with E-state index in [4.69, 9.17) is 5.73 Å². The third kappa shape index (κ3) is 3.05. The average molecular weight is 298 g/mol. The lowest BCUT2D eigenvalue weighted by Crippen LogP contribution is -2.19. The topological polar surface area (TPSA) is 99.5 Å². The molecule has 0 aliphatic heterocycles. The molecule has 0 saturated carbocycles.